The highest BCUT2D eigenvalue weighted by Crippen LogP contribution is 2.13. The fraction of sp³-hybridized carbons (Fsp3) is 0.364. The average Bonchev–Trinajstić information content (AvgIpc) is 2.26. The summed E-state index contributed by atoms with van der Waals surface area (Å²) >= 11 is 0. The molecule has 0 bridgehead atoms. The molecule has 0 spiro atoms. The van der Waals surface area contributed by atoms with Gasteiger partial charge in [0.2, 0.25) is 0 Å². The van der Waals surface area contributed by atoms with Gasteiger partial charge in [-0.05, 0) is 18.6 Å². The topological polar surface area (TPSA) is 40.5 Å². The molecule has 14 heavy (non-hydrogen) atoms. The van der Waals surface area contributed by atoms with Crippen molar-refractivity contribution < 1.29 is 9.90 Å². The molecule has 0 unspecified atom stereocenters. The molecule has 1 N–H and O–H groups in total. The Morgan fingerprint density at radius 1 is 1.36 bits per heavy atom. The number of nitrogens with zero attached hydrogens (tertiary/aromatic N) is 1. The second-order valence-electron chi connectivity index (χ2n) is 3.04. The molecular weight excluding hydrogens is 178 g/mol. The monoisotopic (exact) mass is 193 g/mol. The van der Waals surface area contributed by atoms with Crippen LogP contribution in [-0.2, 0) is 4.79 Å². The summed E-state index contributed by atoms with van der Waals surface area (Å²) < 4.78 is 0. The fourth-order valence-corrected chi connectivity index (χ4v) is 1.31. The molecule has 3 heteroatoms. The van der Waals surface area contributed by atoms with Gasteiger partial charge in [0.25, 0.3) is 5.91 Å². The third kappa shape index (κ3) is 2.57. The van der Waals surface area contributed by atoms with Crippen molar-refractivity contribution in [3.8, 4) is 0 Å². The molecule has 0 saturated carbocycles. The Kier molecular flexibility index (Phi) is 4.13. The van der Waals surface area contributed by atoms with Crippen molar-refractivity contribution in [3.63, 3.8) is 0 Å². The van der Waals surface area contributed by atoms with E-state index in [-0.39, 0.29) is 5.91 Å². The lowest BCUT2D eigenvalue weighted by molar-refractivity contribution is -0.121. The number of para-hydroxylation sites is 1. The molecular formula is C11H15NO2. The summed E-state index contributed by atoms with van der Waals surface area (Å²) in [5.74, 6) is -0.252. The molecule has 0 aliphatic rings. The van der Waals surface area contributed by atoms with E-state index in [0.29, 0.717) is 6.54 Å². The van der Waals surface area contributed by atoms with Gasteiger partial charge < -0.3 is 10.0 Å². The largest absolute Gasteiger partial charge is 0.387 e. The van der Waals surface area contributed by atoms with Crippen LogP contribution in [0.25, 0.3) is 0 Å². The molecule has 0 radical (unpaired) electrons. The van der Waals surface area contributed by atoms with Crippen molar-refractivity contribution in [2.75, 3.05) is 18.1 Å². The second kappa shape index (κ2) is 5.40. The number of carbonyl (C=O) groups is 1. The minimum absolute atomic E-state index is 0.252. The molecule has 1 amide bonds. The van der Waals surface area contributed by atoms with Crippen molar-refractivity contribution >= 4 is 11.6 Å². The zero-order valence-corrected chi connectivity index (χ0v) is 8.31. The van der Waals surface area contributed by atoms with E-state index in [0.717, 1.165) is 12.1 Å². The summed E-state index contributed by atoms with van der Waals surface area (Å²) in [4.78, 5) is 13.0. The van der Waals surface area contributed by atoms with Crippen molar-refractivity contribution in [2.45, 2.75) is 13.3 Å². The number of benzene rings is 1. The number of hydrogen-bond acceptors (Lipinski definition) is 2. The Morgan fingerprint density at radius 3 is 2.50 bits per heavy atom. The third-order valence-electron chi connectivity index (χ3n) is 1.95. The number of aliphatic hydroxyl groups excluding tert-OH is 1. The van der Waals surface area contributed by atoms with Gasteiger partial charge in [-0.2, -0.15) is 0 Å². The molecule has 0 fully saturated rings. The van der Waals surface area contributed by atoms with Crippen molar-refractivity contribution in [1.82, 2.24) is 0 Å². The molecule has 3 nitrogen and oxygen atoms in total. The Morgan fingerprint density at radius 2 is 2.00 bits per heavy atom. The molecule has 0 heterocycles. The predicted molar refractivity (Wildman–Crippen MR) is 56.2 cm³/mol. The van der Waals surface area contributed by atoms with Gasteiger partial charge in [-0.1, -0.05) is 25.1 Å². The van der Waals surface area contributed by atoms with Crippen molar-refractivity contribution in [1.29, 1.82) is 0 Å². The van der Waals surface area contributed by atoms with Gasteiger partial charge in [0, 0.05) is 12.2 Å². The van der Waals surface area contributed by atoms with E-state index >= 15 is 0 Å². The number of carbonyl (C=O) groups excluding carboxylic acids is 1. The van der Waals surface area contributed by atoms with Gasteiger partial charge in [-0.3, -0.25) is 4.79 Å². The molecule has 0 aromatic heterocycles. The van der Waals surface area contributed by atoms with Crippen LogP contribution in [0.1, 0.15) is 13.3 Å². The SMILES string of the molecule is CCCN(C(=O)CO)c1ccccc1. The number of anilines is 1. The van der Waals surface area contributed by atoms with E-state index in [9.17, 15) is 4.79 Å². The van der Waals surface area contributed by atoms with Crippen LogP contribution in [0, 0.1) is 0 Å². The van der Waals surface area contributed by atoms with E-state index in [1.165, 1.54) is 0 Å². The first-order valence-electron chi connectivity index (χ1n) is 4.76. The highest BCUT2D eigenvalue weighted by Gasteiger charge is 2.12. The van der Waals surface area contributed by atoms with Gasteiger partial charge in [-0.15, -0.1) is 0 Å². The number of rotatable bonds is 4. The maximum atomic E-state index is 11.4. The first-order chi connectivity index (χ1) is 6.79. The highest BCUT2D eigenvalue weighted by atomic mass is 16.3. The number of aliphatic hydroxyl groups is 1. The van der Waals surface area contributed by atoms with Gasteiger partial charge in [-0.25, -0.2) is 0 Å². The van der Waals surface area contributed by atoms with Gasteiger partial charge in [0.15, 0.2) is 0 Å². The van der Waals surface area contributed by atoms with Crippen LogP contribution in [0.15, 0.2) is 30.3 Å². The molecule has 1 aromatic rings. The van der Waals surface area contributed by atoms with E-state index in [1.807, 2.05) is 37.3 Å². The van der Waals surface area contributed by atoms with Crippen LogP contribution in [0.3, 0.4) is 0 Å². The minimum Gasteiger partial charge on any atom is -0.387 e. The highest BCUT2D eigenvalue weighted by molar-refractivity contribution is 5.94. The van der Waals surface area contributed by atoms with Crippen LogP contribution < -0.4 is 4.90 Å². The summed E-state index contributed by atoms with van der Waals surface area (Å²) in [5, 5.41) is 8.80. The molecule has 0 aliphatic carbocycles. The summed E-state index contributed by atoms with van der Waals surface area (Å²) in [7, 11) is 0. The van der Waals surface area contributed by atoms with E-state index in [4.69, 9.17) is 5.11 Å². The van der Waals surface area contributed by atoms with Crippen LogP contribution in [-0.4, -0.2) is 24.2 Å². The zero-order valence-electron chi connectivity index (χ0n) is 8.31. The number of amides is 1. The Labute approximate surface area is 84.0 Å². The predicted octanol–water partition coefficient (Wildman–Crippen LogP) is 1.42. The Hall–Kier alpha value is -1.35. The lowest BCUT2D eigenvalue weighted by Gasteiger charge is -2.20. The number of hydrogen-bond donors (Lipinski definition) is 1. The second-order valence-corrected chi connectivity index (χ2v) is 3.04. The van der Waals surface area contributed by atoms with Crippen molar-refractivity contribution in [3.05, 3.63) is 30.3 Å². The van der Waals surface area contributed by atoms with E-state index in [2.05, 4.69) is 0 Å². The van der Waals surface area contributed by atoms with Gasteiger partial charge in [0.05, 0.1) is 0 Å². The normalized spacial score (nSPS) is 9.86. The molecule has 1 aromatic carbocycles. The molecule has 0 aliphatic heterocycles. The minimum atomic E-state index is -0.436. The average molecular weight is 193 g/mol. The van der Waals surface area contributed by atoms with Crippen LogP contribution >= 0.6 is 0 Å². The first kappa shape index (κ1) is 10.7. The maximum Gasteiger partial charge on any atom is 0.252 e. The van der Waals surface area contributed by atoms with Gasteiger partial charge >= 0.3 is 0 Å². The zero-order chi connectivity index (χ0) is 10.4. The van der Waals surface area contributed by atoms with Crippen LogP contribution in [0.5, 0.6) is 0 Å². The van der Waals surface area contributed by atoms with E-state index in [1.54, 1.807) is 4.90 Å². The third-order valence-corrected chi connectivity index (χ3v) is 1.95. The molecule has 0 saturated heterocycles. The fourth-order valence-electron chi connectivity index (χ4n) is 1.31. The summed E-state index contributed by atoms with van der Waals surface area (Å²) in [6.45, 7) is 2.21. The van der Waals surface area contributed by atoms with Gasteiger partial charge in [0.1, 0.15) is 6.61 Å². The lowest BCUT2D eigenvalue weighted by atomic mass is 10.2. The van der Waals surface area contributed by atoms with E-state index < -0.39 is 6.61 Å². The molecule has 0 atom stereocenters. The molecule has 1 rings (SSSR count). The Bertz CT molecular complexity index is 285. The maximum absolute atomic E-state index is 11.4. The summed E-state index contributed by atoms with van der Waals surface area (Å²) in [6.07, 6.45) is 0.876. The van der Waals surface area contributed by atoms with Crippen molar-refractivity contribution in [2.24, 2.45) is 0 Å². The lowest BCUT2D eigenvalue weighted by Crippen LogP contribution is -2.33. The molecule has 76 valence electrons. The Balaban J connectivity index is 2.83. The van der Waals surface area contributed by atoms with Crippen LogP contribution in [0.2, 0.25) is 0 Å². The first-order valence-corrected chi connectivity index (χ1v) is 4.76. The smallest absolute Gasteiger partial charge is 0.252 e. The summed E-state index contributed by atoms with van der Waals surface area (Å²) in [6, 6.07) is 9.38. The summed E-state index contributed by atoms with van der Waals surface area (Å²) in [5.41, 5.74) is 0.841. The quantitative estimate of drug-likeness (QED) is 0.785. The standard InChI is InChI=1S/C11H15NO2/c1-2-8-12(11(14)9-13)10-6-4-3-5-7-10/h3-7,13H,2,8-9H2,1H3. The van der Waals surface area contributed by atoms with Crippen LogP contribution in [0.4, 0.5) is 5.69 Å².